The molecule has 0 bridgehead atoms. The lowest BCUT2D eigenvalue weighted by Crippen LogP contribution is -2.40. The molecule has 1 aromatic rings. The van der Waals surface area contributed by atoms with Crippen LogP contribution in [0.4, 0.5) is 5.69 Å². The van der Waals surface area contributed by atoms with E-state index in [1.807, 2.05) is 0 Å². The molecule has 0 fully saturated rings. The molecule has 2 rings (SSSR count). The van der Waals surface area contributed by atoms with Crippen molar-refractivity contribution >= 4 is 15.7 Å². The second kappa shape index (κ2) is 4.89. The maximum Gasteiger partial charge on any atom is 0.237 e. The van der Waals surface area contributed by atoms with Crippen LogP contribution in [-0.4, -0.2) is 46.0 Å². The van der Waals surface area contributed by atoms with Gasteiger partial charge in [0.25, 0.3) is 0 Å². The lowest BCUT2D eigenvalue weighted by atomic mass is 10.3. The van der Waals surface area contributed by atoms with Crippen LogP contribution in [-0.2, 0) is 14.8 Å². The number of anilines is 1. The summed E-state index contributed by atoms with van der Waals surface area (Å²) in [6.07, 6.45) is 3.07. The van der Waals surface area contributed by atoms with E-state index in [1.165, 1.54) is 17.6 Å². The maximum absolute atomic E-state index is 12.1. The molecule has 0 atom stereocenters. The fourth-order valence-electron chi connectivity index (χ4n) is 1.63. The molecule has 1 aliphatic heterocycles. The second-order valence-corrected chi connectivity index (χ2v) is 5.59. The normalized spacial score (nSPS) is 15.2. The summed E-state index contributed by atoms with van der Waals surface area (Å²) >= 11 is 0. The number of aromatic nitrogens is 1. The van der Waals surface area contributed by atoms with E-state index in [4.69, 9.17) is 9.47 Å². The van der Waals surface area contributed by atoms with E-state index in [9.17, 15) is 8.42 Å². The summed E-state index contributed by atoms with van der Waals surface area (Å²) in [4.78, 5) is 3.92. The first-order valence-corrected chi connectivity index (χ1v) is 6.82. The Morgan fingerprint density at radius 3 is 3.18 bits per heavy atom. The Hall–Kier alpha value is -1.34. The first-order valence-electron chi connectivity index (χ1n) is 5.21. The van der Waals surface area contributed by atoms with Gasteiger partial charge in [0.15, 0.2) is 0 Å². The lowest BCUT2D eigenvalue weighted by molar-refractivity contribution is 0.217. The molecule has 0 N–H and O–H groups in total. The van der Waals surface area contributed by atoms with E-state index in [-0.39, 0.29) is 12.4 Å². The SMILES string of the molecule is COCCS(=O)(=O)N1CCOc2ccncc21. The fraction of sp³-hybridized carbons (Fsp3) is 0.500. The maximum atomic E-state index is 12.1. The third kappa shape index (κ3) is 2.50. The predicted molar refractivity (Wildman–Crippen MR) is 62.7 cm³/mol. The number of pyridine rings is 1. The Balaban J connectivity index is 2.29. The minimum atomic E-state index is -3.37. The Morgan fingerprint density at radius 2 is 2.41 bits per heavy atom. The Kier molecular flexibility index (Phi) is 3.49. The number of fused-ring (bicyclic) bond motifs is 1. The van der Waals surface area contributed by atoms with Gasteiger partial charge in [-0.1, -0.05) is 0 Å². The molecule has 0 aromatic carbocycles. The van der Waals surface area contributed by atoms with Crippen LogP contribution in [0.25, 0.3) is 0 Å². The zero-order valence-electron chi connectivity index (χ0n) is 9.50. The van der Waals surface area contributed by atoms with Crippen molar-refractivity contribution in [2.75, 3.05) is 36.9 Å². The molecule has 0 unspecified atom stereocenters. The van der Waals surface area contributed by atoms with Crippen LogP contribution in [0.2, 0.25) is 0 Å². The summed E-state index contributed by atoms with van der Waals surface area (Å²) in [5.74, 6) is 0.505. The molecule has 0 saturated carbocycles. The van der Waals surface area contributed by atoms with Gasteiger partial charge < -0.3 is 9.47 Å². The molecule has 0 saturated heterocycles. The minimum absolute atomic E-state index is 0.0438. The topological polar surface area (TPSA) is 68.7 Å². The largest absolute Gasteiger partial charge is 0.489 e. The van der Waals surface area contributed by atoms with Gasteiger partial charge in [0.1, 0.15) is 18.0 Å². The standard InChI is InChI=1S/C10H14N2O4S/c1-15-6-7-17(13,14)12-4-5-16-10-2-3-11-8-9(10)12/h2-3,8H,4-7H2,1H3. The molecule has 0 aliphatic carbocycles. The molecule has 2 heterocycles. The zero-order chi connectivity index (χ0) is 12.3. The highest BCUT2D eigenvalue weighted by Crippen LogP contribution is 2.31. The van der Waals surface area contributed by atoms with Crippen LogP contribution in [0.3, 0.4) is 0 Å². The van der Waals surface area contributed by atoms with E-state index in [2.05, 4.69) is 4.98 Å². The molecule has 7 heteroatoms. The molecule has 0 amide bonds. The Labute approximate surface area is 100 Å². The molecule has 0 spiro atoms. The number of methoxy groups -OCH3 is 1. The van der Waals surface area contributed by atoms with Crippen LogP contribution < -0.4 is 9.04 Å². The van der Waals surface area contributed by atoms with Crippen LogP contribution in [0.1, 0.15) is 0 Å². The van der Waals surface area contributed by atoms with Gasteiger partial charge in [-0.05, 0) is 0 Å². The fourth-order valence-corrected chi connectivity index (χ4v) is 3.02. The van der Waals surface area contributed by atoms with E-state index < -0.39 is 10.0 Å². The summed E-state index contributed by atoms with van der Waals surface area (Å²) in [5, 5.41) is 0. The number of sulfonamides is 1. The monoisotopic (exact) mass is 258 g/mol. The number of ether oxygens (including phenoxy) is 2. The first-order chi connectivity index (χ1) is 8.15. The molecule has 1 aliphatic rings. The number of rotatable bonds is 4. The Bertz CT molecular complexity index is 489. The van der Waals surface area contributed by atoms with Gasteiger partial charge in [-0.25, -0.2) is 8.42 Å². The van der Waals surface area contributed by atoms with Gasteiger partial charge in [-0.15, -0.1) is 0 Å². The van der Waals surface area contributed by atoms with Crippen molar-refractivity contribution in [3.05, 3.63) is 18.5 Å². The molecular formula is C10H14N2O4S. The van der Waals surface area contributed by atoms with Gasteiger partial charge in [-0.2, -0.15) is 0 Å². The number of hydrogen-bond donors (Lipinski definition) is 0. The smallest absolute Gasteiger partial charge is 0.237 e. The lowest BCUT2D eigenvalue weighted by Gasteiger charge is -2.29. The average molecular weight is 258 g/mol. The van der Waals surface area contributed by atoms with Crippen molar-refractivity contribution < 1.29 is 17.9 Å². The summed E-state index contributed by atoms with van der Waals surface area (Å²) in [6.45, 7) is 0.837. The highest BCUT2D eigenvalue weighted by Gasteiger charge is 2.28. The van der Waals surface area contributed by atoms with Gasteiger partial charge >= 0.3 is 0 Å². The third-order valence-corrected chi connectivity index (χ3v) is 4.20. The highest BCUT2D eigenvalue weighted by molar-refractivity contribution is 7.92. The van der Waals surface area contributed by atoms with Crippen LogP contribution >= 0.6 is 0 Å². The van der Waals surface area contributed by atoms with Crippen molar-refractivity contribution in [2.24, 2.45) is 0 Å². The van der Waals surface area contributed by atoms with E-state index in [0.29, 0.717) is 24.6 Å². The summed E-state index contributed by atoms with van der Waals surface area (Å²) in [7, 11) is -1.89. The van der Waals surface area contributed by atoms with E-state index in [1.54, 1.807) is 12.3 Å². The molecular weight excluding hydrogens is 244 g/mol. The predicted octanol–water partition coefficient (Wildman–Crippen LogP) is 0.257. The van der Waals surface area contributed by atoms with Crippen LogP contribution in [0.15, 0.2) is 18.5 Å². The van der Waals surface area contributed by atoms with E-state index >= 15 is 0 Å². The highest BCUT2D eigenvalue weighted by atomic mass is 32.2. The van der Waals surface area contributed by atoms with Gasteiger partial charge in [0.05, 0.1) is 25.1 Å². The van der Waals surface area contributed by atoms with E-state index in [0.717, 1.165) is 0 Å². The second-order valence-electron chi connectivity index (χ2n) is 3.57. The Morgan fingerprint density at radius 1 is 1.59 bits per heavy atom. The number of hydrogen-bond acceptors (Lipinski definition) is 5. The minimum Gasteiger partial charge on any atom is -0.489 e. The molecule has 94 valence electrons. The zero-order valence-corrected chi connectivity index (χ0v) is 10.3. The van der Waals surface area contributed by atoms with Crippen LogP contribution in [0.5, 0.6) is 5.75 Å². The van der Waals surface area contributed by atoms with Gasteiger partial charge in [0.2, 0.25) is 10.0 Å². The van der Waals surface area contributed by atoms with Crippen molar-refractivity contribution in [1.29, 1.82) is 0 Å². The van der Waals surface area contributed by atoms with Gasteiger partial charge in [-0.3, -0.25) is 9.29 Å². The van der Waals surface area contributed by atoms with Crippen molar-refractivity contribution in [2.45, 2.75) is 0 Å². The van der Waals surface area contributed by atoms with Crippen molar-refractivity contribution in [3.8, 4) is 5.75 Å². The number of nitrogens with zero attached hydrogens (tertiary/aromatic N) is 2. The molecule has 6 nitrogen and oxygen atoms in total. The molecule has 17 heavy (non-hydrogen) atoms. The van der Waals surface area contributed by atoms with Crippen molar-refractivity contribution in [1.82, 2.24) is 4.98 Å². The molecule has 1 aromatic heterocycles. The first kappa shape index (κ1) is 12.1. The molecule has 0 radical (unpaired) electrons. The summed E-state index contributed by atoms with van der Waals surface area (Å²) < 4.78 is 35.7. The third-order valence-electron chi connectivity index (χ3n) is 2.46. The quantitative estimate of drug-likeness (QED) is 0.774. The average Bonchev–Trinajstić information content (AvgIpc) is 2.36. The van der Waals surface area contributed by atoms with Gasteiger partial charge in [0, 0.05) is 19.4 Å². The summed E-state index contributed by atoms with van der Waals surface area (Å²) in [6, 6.07) is 1.66. The summed E-state index contributed by atoms with van der Waals surface area (Å²) in [5.41, 5.74) is 0.495. The van der Waals surface area contributed by atoms with Crippen molar-refractivity contribution in [3.63, 3.8) is 0 Å². The van der Waals surface area contributed by atoms with Crippen LogP contribution in [0, 0.1) is 0 Å².